The second-order valence-corrected chi connectivity index (χ2v) is 4.78. The van der Waals surface area contributed by atoms with Crippen LogP contribution in [-0.4, -0.2) is 9.78 Å². The monoisotopic (exact) mass is 263 g/mol. The van der Waals surface area contributed by atoms with E-state index in [1.165, 1.54) is 6.07 Å². The Hall–Kier alpha value is -1.88. The minimum Gasteiger partial charge on any atom is -0.439 e. The van der Waals surface area contributed by atoms with Crippen molar-refractivity contribution in [3.8, 4) is 11.6 Å². The first-order valence-electron chi connectivity index (χ1n) is 6.12. The normalized spacial score (nSPS) is 12.5. The van der Waals surface area contributed by atoms with Crippen molar-refractivity contribution in [2.45, 2.75) is 26.8 Å². The van der Waals surface area contributed by atoms with Crippen molar-refractivity contribution in [1.82, 2.24) is 9.78 Å². The summed E-state index contributed by atoms with van der Waals surface area (Å²) in [4.78, 5) is 0. The van der Waals surface area contributed by atoms with Crippen LogP contribution in [0.3, 0.4) is 0 Å². The number of nitrogens with two attached hydrogens (primary N) is 1. The SMILES string of the molecule is Cc1cc(Oc2cc(C)c(F)cc2[C@@H](C)N)n(C)n1. The van der Waals surface area contributed by atoms with E-state index in [2.05, 4.69) is 5.10 Å². The molecule has 0 aliphatic heterocycles. The van der Waals surface area contributed by atoms with E-state index in [1.807, 2.05) is 13.0 Å². The lowest BCUT2D eigenvalue weighted by Crippen LogP contribution is -2.08. The van der Waals surface area contributed by atoms with Gasteiger partial charge in [0.1, 0.15) is 11.6 Å². The quantitative estimate of drug-likeness (QED) is 0.926. The van der Waals surface area contributed by atoms with Crippen LogP contribution in [0, 0.1) is 19.7 Å². The lowest BCUT2D eigenvalue weighted by atomic mass is 10.1. The Morgan fingerprint density at radius 1 is 1.32 bits per heavy atom. The van der Waals surface area contributed by atoms with E-state index in [4.69, 9.17) is 10.5 Å². The molecule has 0 bridgehead atoms. The first kappa shape index (κ1) is 13.5. The molecule has 0 spiro atoms. The van der Waals surface area contributed by atoms with Gasteiger partial charge in [0.25, 0.3) is 0 Å². The molecule has 0 unspecified atom stereocenters. The molecule has 2 rings (SSSR count). The fraction of sp³-hybridized carbons (Fsp3) is 0.357. The van der Waals surface area contributed by atoms with Gasteiger partial charge in [-0.3, -0.25) is 0 Å². The van der Waals surface area contributed by atoms with Gasteiger partial charge in [0, 0.05) is 24.7 Å². The maximum absolute atomic E-state index is 13.6. The maximum atomic E-state index is 13.6. The molecule has 0 radical (unpaired) electrons. The van der Waals surface area contributed by atoms with Crippen LogP contribution in [0.2, 0.25) is 0 Å². The van der Waals surface area contributed by atoms with E-state index in [-0.39, 0.29) is 11.9 Å². The van der Waals surface area contributed by atoms with Gasteiger partial charge >= 0.3 is 0 Å². The smallest absolute Gasteiger partial charge is 0.217 e. The highest BCUT2D eigenvalue weighted by Gasteiger charge is 2.14. The molecule has 102 valence electrons. The Morgan fingerprint density at radius 2 is 2.00 bits per heavy atom. The highest BCUT2D eigenvalue weighted by molar-refractivity contribution is 5.42. The number of aromatic nitrogens is 2. The summed E-state index contributed by atoms with van der Waals surface area (Å²) in [7, 11) is 1.80. The number of aryl methyl sites for hydroxylation is 3. The fourth-order valence-corrected chi connectivity index (χ4v) is 1.91. The van der Waals surface area contributed by atoms with Crippen LogP contribution in [0.15, 0.2) is 18.2 Å². The molecule has 0 saturated heterocycles. The minimum atomic E-state index is -0.306. The zero-order valence-corrected chi connectivity index (χ0v) is 11.6. The molecular formula is C14H18FN3O. The average molecular weight is 263 g/mol. The molecular weight excluding hydrogens is 245 g/mol. The summed E-state index contributed by atoms with van der Waals surface area (Å²) >= 11 is 0. The van der Waals surface area contributed by atoms with Crippen LogP contribution < -0.4 is 10.5 Å². The third-order valence-corrected chi connectivity index (χ3v) is 2.96. The maximum Gasteiger partial charge on any atom is 0.217 e. The van der Waals surface area contributed by atoms with Crippen LogP contribution in [0.25, 0.3) is 0 Å². The van der Waals surface area contributed by atoms with E-state index >= 15 is 0 Å². The third kappa shape index (κ3) is 2.76. The molecule has 0 fully saturated rings. The predicted molar refractivity (Wildman–Crippen MR) is 71.8 cm³/mol. The molecule has 1 aromatic carbocycles. The zero-order valence-electron chi connectivity index (χ0n) is 11.6. The molecule has 4 nitrogen and oxygen atoms in total. The van der Waals surface area contributed by atoms with Gasteiger partial charge in [-0.2, -0.15) is 5.10 Å². The van der Waals surface area contributed by atoms with E-state index in [0.717, 1.165) is 5.69 Å². The number of halogens is 1. The number of hydrogen-bond acceptors (Lipinski definition) is 3. The Labute approximate surface area is 112 Å². The third-order valence-electron chi connectivity index (χ3n) is 2.96. The summed E-state index contributed by atoms with van der Waals surface area (Å²) in [6.45, 7) is 5.38. The van der Waals surface area contributed by atoms with E-state index < -0.39 is 0 Å². The van der Waals surface area contributed by atoms with Gasteiger partial charge in [-0.1, -0.05) is 0 Å². The first-order valence-corrected chi connectivity index (χ1v) is 6.12. The van der Waals surface area contributed by atoms with E-state index in [9.17, 15) is 4.39 Å². The van der Waals surface area contributed by atoms with Crippen LogP contribution in [0.5, 0.6) is 11.6 Å². The minimum absolute atomic E-state index is 0.277. The molecule has 1 heterocycles. The molecule has 2 aromatic rings. The van der Waals surface area contributed by atoms with Crippen molar-refractivity contribution in [2.75, 3.05) is 0 Å². The standard InChI is InChI=1S/C14H18FN3O/c1-8-5-13(11(10(3)16)7-12(8)15)19-14-6-9(2)17-18(14)4/h5-7,10H,16H2,1-4H3/t10-/m1/s1. The van der Waals surface area contributed by atoms with Gasteiger partial charge in [0.15, 0.2) is 0 Å². The van der Waals surface area contributed by atoms with Crippen LogP contribution in [0.1, 0.15) is 29.8 Å². The number of hydrogen-bond donors (Lipinski definition) is 1. The zero-order chi connectivity index (χ0) is 14.2. The van der Waals surface area contributed by atoms with Crippen molar-refractivity contribution < 1.29 is 9.13 Å². The molecule has 0 aliphatic rings. The molecule has 0 aliphatic carbocycles. The topological polar surface area (TPSA) is 53.1 Å². The van der Waals surface area contributed by atoms with Crippen molar-refractivity contribution >= 4 is 0 Å². The summed E-state index contributed by atoms with van der Waals surface area (Å²) in [5, 5.41) is 4.21. The Kier molecular flexibility index (Phi) is 3.57. The lowest BCUT2D eigenvalue weighted by Gasteiger charge is -2.15. The molecule has 1 aromatic heterocycles. The van der Waals surface area contributed by atoms with Gasteiger partial charge in [-0.05, 0) is 38.5 Å². The predicted octanol–water partition coefficient (Wildman–Crippen LogP) is 2.99. The molecule has 0 amide bonds. The fourth-order valence-electron chi connectivity index (χ4n) is 1.91. The largest absolute Gasteiger partial charge is 0.439 e. The molecule has 5 heteroatoms. The first-order chi connectivity index (χ1) is 8.88. The Balaban J connectivity index is 2.44. The van der Waals surface area contributed by atoms with Crippen molar-refractivity contribution in [3.63, 3.8) is 0 Å². The van der Waals surface area contributed by atoms with Crippen molar-refractivity contribution in [3.05, 3.63) is 40.8 Å². The number of benzene rings is 1. The summed E-state index contributed by atoms with van der Waals surface area (Å²) < 4.78 is 21.1. The van der Waals surface area contributed by atoms with Crippen LogP contribution >= 0.6 is 0 Å². The van der Waals surface area contributed by atoms with E-state index in [0.29, 0.717) is 22.8 Å². The second kappa shape index (κ2) is 5.01. The lowest BCUT2D eigenvalue weighted by molar-refractivity contribution is 0.421. The summed E-state index contributed by atoms with van der Waals surface area (Å²) in [6.07, 6.45) is 0. The van der Waals surface area contributed by atoms with Crippen molar-refractivity contribution in [1.29, 1.82) is 0 Å². The molecule has 0 saturated carbocycles. The van der Waals surface area contributed by atoms with Gasteiger partial charge in [0.2, 0.25) is 5.88 Å². The average Bonchev–Trinajstić information content (AvgIpc) is 2.62. The number of ether oxygens (including phenoxy) is 1. The highest BCUT2D eigenvalue weighted by Crippen LogP contribution is 2.31. The van der Waals surface area contributed by atoms with Crippen molar-refractivity contribution in [2.24, 2.45) is 12.8 Å². The van der Waals surface area contributed by atoms with Crippen LogP contribution in [-0.2, 0) is 7.05 Å². The van der Waals surface area contributed by atoms with Gasteiger partial charge in [0.05, 0.1) is 5.69 Å². The van der Waals surface area contributed by atoms with Gasteiger partial charge < -0.3 is 10.5 Å². The summed E-state index contributed by atoms with van der Waals surface area (Å²) in [5.41, 5.74) is 7.89. The van der Waals surface area contributed by atoms with Crippen LogP contribution in [0.4, 0.5) is 4.39 Å². The Bertz CT molecular complexity index is 605. The number of nitrogens with zero attached hydrogens (tertiary/aromatic N) is 2. The Morgan fingerprint density at radius 3 is 2.53 bits per heavy atom. The van der Waals surface area contributed by atoms with Gasteiger partial charge in [-0.15, -0.1) is 0 Å². The highest BCUT2D eigenvalue weighted by atomic mass is 19.1. The molecule has 2 N–H and O–H groups in total. The summed E-state index contributed by atoms with van der Waals surface area (Å²) in [6, 6.07) is 4.61. The second-order valence-electron chi connectivity index (χ2n) is 4.78. The van der Waals surface area contributed by atoms with E-state index in [1.54, 1.807) is 31.6 Å². The van der Waals surface area contributed by atoms with Gasteiger partial charge in [-0.25, -0.2) is 9.07 Å². The number of rotatable bonds is 3. The summed E-state index contributed by atoms with van der Waals surface area (Å²) in [5.74, 6) is 0.892. The molecule has 19 heavy (non-hydrogen) atoms. The molecule has 1 atom stereocenters.